The molecule has 1 heterocycles. The van der Waals surface area contributed by atoms with E-state index in [1.54, 1.807) is 0 Å². The van der Waals surface area contributed by atoms with Gasteiger partial charge in [0.2, 0.25) is 0 Å². The Labute approximate surface area is 133 Å². The lowest BCUT2D eigenvalue weighted by atomic mass is 10.2. The summed E-state index contributed by atoms with van der Waals surface area (Å²) in [7, 11) is 0. The molecule has 0 fully saturated rings. The van der Waals surface area contributed by atoms with Crippen LogP contribution in [0.15, 0.2) is 42.5 Å². The third kappa shape index (κ3) is 2.62. The predicted molar refractivity (Wildman–Crippen MR) is 84.4 cm³/mol. The number of non-ortho nitro benzene ring substituents is 2. The van der Waals surface area contributed by atoms with E-state index >= 15 is 0 Å². The number of aromatic nitrogens is 3. The van der Waals surface area contributed by atoms with Crippen molar-refractivity contribution in [2.45, 2.75) is 0 Å². The van der Waals surface area contributed by atoms with E-state index in [9.17, 15) is 20.2 Å². The van der Waals surface area contributed by atoms with Crippen LogP contribution in [0.5, 0.6) is 0 Å². The molecule has 0 aliphatic heterocycles. The minimum Gasteiger partial charge on any atom is -0.258 e. The van der Waals surface area contributed by atoms with Crippen LogP contribution in [0.25, 0.3) is 11.0 Å². The second-order valence-electron chi connectivity index (χ2n) is 4.54. The zero-order valence-electron chi connectivity index (χ0n) is 11.3. The summed E-state index contributed by atoms with van der Waals surface area (Å²) < 4.78 is 1.29. The topological polar surface area (TPSA) is 117 Å². The molecule has 0 saturated heterocycles. The van der Waals surface area contributed by atoms with Gasteiger partial charge in [0.25, 0.3) is 11.4 Å². The first kappa shape index (κ1) is 14.7. The van der Waals surface area contributed by atoms with Crippen LogP contribution in [0.1, 0.15) is 5.56 Å². The van der Waals surface area contributed by atoms with Gasteiger partial charge in [-0.05, 0) is 18.2 Å². The van der Waals surface area contributed by atoms with Gasteiger partial charge in [0, 0.05) is 29.8 Å². The molecule has 0 aliphatic carbocycles. The molecule has 0 amide bonds. The summed E-state index contributed by atoms with van der Waals surface area (Å²) in [6.45, 7) is 0. The van der Waals surface area contributed by atoms with Crippen molar-refractivity contribution in [1.29, 1.82) is 0 Å². The highest BCUT2D eigenvalue weighted by Gasteiger charge is 2.15. The monoisotopic (exact) mass is 329 g/mol. The fourth-order valence-corrected chi connectivity index (χ4v) is 2.29. The van der Waals surface area contributed by atoms with Gasteiger partial charge in [-0.25, -0.2) is 4.68 Å². The lowest BCUT2D eigenvalue weighted by molar-refractivity contribution is -0.385. The molecular weight excluding hydrogens is 322 g/mol. The molecule has 9 nitrogen and oxygen atoms in total. The Kier molecular flexibility index (Phi) is 3.50. The molecule has 23 heavy (non-hydrogen) atoms. The summed E-state index contributed by atoms with van der Waals surface area (Å²) in [4.78, 5) is 20.7. The van der Waals surface area contributed by atoms with Crippen LogP contribution in [0.2, 0.25) is 0 Å². The van der Waals surface area contributed by atoms with Crippen molar-refractivity contribution in [2.75, 3.05) is 0 Å². The van der Waals surface area contributed by atoms with Crippen LogP contribution in [-0.2, 0) is 0 Å². The number of nitro benzene ring substituents is 2. The number of rotatable bonds is 3. The molecule has 2 aromatic carbocycles. The fraction of sp³-hybridized carbons (Fsp3) is 0. The van der Waals surface area contributed by atoms with Crippen LogP contribution in [-0.4, -0.2) is 29.8 Å². The Morgan fingerprint density at radius 3 is 2.22 bits per heavy atom. The minimum absolute atomic E-state index is 0.0596. The Morgan fingerprint density at radius 1 is 1.00 bits per heavy atom. The van der Waals surface area contributed by atoms with Crippen LogP contribution < -0.4 is 0 Å². The number of fused-ring (bicyclic) bond motifs is 1. The van der Waals surface area contributed by atoms with Crippen LogP contribution in [0.4, 0.5) is 11.4 Å². The van der Waals surface area contributed by atoms with Gasteiger partial charge < -0.3 is 0 Å². The summed E-state index contributed by atoms with van der Waals surface area (Å²) >= 11 is 5.31. The van der Waals surface area contributed by atoms with E-state index in [4.69, 9.17) is 12.2 Å². The maximum atomic E-state index is 10.9. The van der Waals surface area contributed by atoms with Crippen molar-refractivity contribution in [2.24, 2.45) is 0 Å². The number of hydrogen-bond acceptors (Lipinski definition) is 7. The molecule has 3 rings (SSSR count). The normalized spacial score (nSPS) is 10.6. The van der Waals surface area contributed by atoms with Crippen molar-refractivity contribution in [3.05, 3.63) is 68.3 Å². The molecule has 1 aromatic heterocycles. The standard InChI is InChI=1S/C13H7N5O4S/c19-17(20)9-3-1-8(2-4-9)13(23)16-12-7-10(18(21)22)5-6-11(12)14-15-16/h1-7H. The predicted octanol–water partition coefficient (Wildman–Crippen LogP) is 2.47. The Bertz CT molecular complexity index is 951. The highest BCUT2D eigenvalue weighted by atomic mass is 32.1. The maximum absolute atomic E-state index is 10.9. The van der Waals surface area contributed by atoms with Crippen molar-refractivity contribution < 1.29 is 9.85 Å². The molecule has 0 unspecified atom stereocenters. The number of hydrogen-bond donors (Lipinski definition) is 0. The van der Waals surface area contributed by atoms with E-state index in [0.717, 1.165) is 0 Å². The van der Waals surface area contributed by atoms with Gasteiger partial charge in [-0.3, -0.25) is 20.2 Å². The van der Waals surface area contributed by atoms with E-state index in [1.807, 2.05) is 0 Å². The van der Waals surface area contributed by atoms with Crippen molar-refractivity contribution >= 4 is 39.6 Å². The van der Waals surface area contributed by atoms with E-state index in [1.165, 1.54) is 47.1 Å². The van der Waals surface area contributed by atoms with Crippen LogP contribution >= 0.6 is 12.2 Å². The van der Waals surface area contributed by atoms with E-state index < -0.39 is 9.85 Å². The van der Waals surface area contributed by atoms with Crippen molar-refractivity contribution in [3.8, 4) is 0 Å². The molecule has 114 valence electrons. The molecule has 0 aliphatic rings. The number of benzene rings is 2. The Balaban J connectivity index is 2.05. The summed E-state index contributed by atoms with van der Waals surface area (Å²) in [6, 6.07) is 9.77. The molecule has 0 saturated carbocycles. The molecule has 0 atom stereocenters. The third-order valence-electron chi connectivity index (χ3n) is 3.16. The highest BCUT2D eigenvalue weighted by molar-refractivity contribution is 7.80. The first-order valence-electron chi connectivity index (χ1n) is 6.26. The minimum atomic E-state index is -0.522. The lowest BCUT2D eigenvalue weighted by Gasteiger charge is -2.04. The summed E-state index contributed by atoms with van der Waals surface area (Å²) in [6.07, 6.45) is 0. The highest BCUT2D eigenvalue weighted by Crippen LogP contribution is 2.20. The van der Waals surface area contributed by atoms with E-state index in [-0.39, 0.29) is 16.4 Å². The molecule has 0 spiro atoms. The largest absolute Gasteiger partial charge is 0.271 e. The SMILES string of the molecule is O=[N+]([O-])c1ccc(C(=S)n2nnc3ccc([N+](=O)[O-])cc32)cc1. The second-order valence-corrected chi connectivity index (χ2v) is 4.93. The van der Waals surface area contributed by atoms with Crippen LogP contribution in [0, 0.1) is 20.2 Å². The zero-order chi connectivity index (χ0) is 16.6. The van der Waals surface area contributed by atoms with Gasteiger partial charge >= 0.3 is 0 Å². The molecule has 0 N–H and O–H groups in total. The van der Waals surface area contributed by atoms with Crippen LogP contribution in [0.3, 0.4) is 0 Å². The number of nitrogens with zero attached hydrogens (tertiary/aromatic N) is 5. The maximum Gasteiger partial charge on any atom is 0.271 e. The fourth-order valence-electron chi connectivity index (χ4n) is 2.02. The summed E-state index contributed by atoms with van der Waals surface area (Å²) in [5.74, 6) is 0. The first-order chi connectivity index (χ1) is 11.0. The smallest absolute Gasteiger partial charge is 0.258 e. The zero-order valence-corrected chi connectivity index (χ0v) is 12.1. The average molecular weight is 329 g/mol. The summed E-state index contributed by atoms with van der Waals surface area (Å²) in [5.41, 5.74) is 1.20. The van der Waals surface area contributed by atoms with Gasteiger partial charge in [-0.15, -0.1) is 5.10 Å². The lowest BCUT2D eigenvalue weighted by Crippen LogP contribution is -2.12. The first-order valence-corrected chi connectivity index (χ1v) is 6.67. The van der Waals surface area contributed by atoms with Gasteiger partial charge in [0.1, 0.15) is 16.0 Å². The van der Waals surface area contributed by atoms with Crippen molar-refractivity contribution in [3.63, 3.8) is 0 Å². The van der Waals surface area contributed by atoms with Crippen molar-refractivity contribution in [1.82, 2.24) is 15.0 Å². The average Bonchev–Trinajstić information content (AvgIpc) is 2.97. The quantitative estimate of drug-likeness (QED) is 0.411. The molecule has 0 radical (unpaired) electrons. The number of nitro groups is 2. The molecule has 0 bridgehead atoms. The third-order valence-corrected chi connectivity index (χ3v) is 3.57. The van der Waals surface area contributed by atoms with E-state index in [2.05, 4.69) is 10.3 Å². The van der Waals surface area contributed by atoms with E-state index in [0.29, 0.717) is 16.6 Å². The molecule has 3 aromatic rings. The number of thiocarbonyl (C=S) groups is 1. The Morgan fingerprint density at radius 2 is 1.61 bits per heavy atom. The summed E-state index contributed by atoms with van der Waals surface area (Å²) in [5, 5.41) is 29.4. The van der Waals surface area contributed by atoms with Gasteiger partial charge in [-0.1, -0.05) is 17.4 Å². The van der Waals surface area contributed by atoms with Gasteiger partial charge in [0.05, 0.1) is 9.85 Å². The van der Waals surface area contributed by atoms with Gasteiger partial charge in [0.15, 0.2) is 0 Å². The second kappa shape index (κ2) is 5.50. The molecule has 10 heteroatoms. The molecular formula is C13H7N5O4S. The Hall–Kier alpha value is -3.27. The van der Waals surface area contributed by atoms with Gasteiger partial charge in [-0.2, -0.15) is 0 Å².